The molecule has 5 heteroatoms. The molecule has 25 heavy (non-hydrogen) atoms. The monoisotopic (exact) mass is 337 g/mol. The first-order valence-electron chi connectivity index (χ1n) is 8.62. The summed E-state index contributed by atoms with van der Waals surface area (Å²) in [6.07, 6.45) is 1.98. The first-order valence-corrected chi connectivity index (χ1v) is 8.62. The number of hydrogen-bond acceptors (Lipinski definition) is 4. The molecule has 0 saturated heterocycles. The highest BCUT2D eigenvalue weighted by molar-refractivity contribution is 6.41. The zero-order valence-electron chi connectivity index (χ0n) is 14.7. The van der Waals surface area contributed by atoms with Crippen molar-refractivity contribution in [2.45, 2.75) is 26.7 Å². The molecule has 0 unspecified atom stereocenters. The number of benzene rings is 2. The van der Waals surface area contributed by atoms with Crippen LogP contribution in [-0.4, -0.2) is 25.0 Å². The van der Waals surface area contributed by atoms with Crippen molar-refractivity contribution in [2.24, 2.45) is 5.10 Å². The third-order valence-corrected chi connectivity index (χ3v) is 4.17. The highest BCUT2D eigenvalue weighted by Gasteiger charge is 2.26. The molecular formula is C20H23N3O2. The van der Waals surface area contributed by atoms with Crippen LogP contribution in [0.25, 0.3) is 0 Å². The molecule has 0 bridgehead atoms. The number of esters is 1. The maximum absolute atomic E-state index is 12.5. The lowest BCUT2D eigenvalue weighted by Crippen LogP contribution is -2.41. The number of carbonyl (C=O) groups is 1. The summed E-state index contributed by atoms with van der Waals surface area (Å²) in [6, 6.07) is 16.0. The fourth-order valence-electron chi connectivity index (χ4n) is 2.91. The molecule has 0 aromatic heterocycles. The minimum atomic E-state index is -0.418. The van der Waals surface area contributed by atoms with Gasteiger partial charge in [-0.1, -0.05) is 35.9 Å². The summed E-state index contributed by atoms with van der Waals surface area (Å²) in [5.41, 5.74) is 7.23. The van der Waals surface area contributed by atoms with Crippen molar-refractivity contribution in [1.29, 1.82) is 0 Å². The molecule has 3 rings (SSSR count). The van der Waals surface area contributed by atoms with E-state index in [2.05, 4.69) is 16.6 Å². The van der Waals surface area contributed by atoms with Gasteiger partial charge in [-0.3, -0.25) is 5.43 Å². The SMILES string of the molecule is CCOC(=O)/C(=N\Nc1ccc(C)cc1)N1CCCc2ccccc21. The minimum absolute atomic E-state index is 0.287. The normalized spacial score (nSPS) is 14.0. The lowest BCUT2D eigenvalue weighted by Gasteiger charge is -2.30. The number of nitrogens with one attached hydrogen (secondary N) is 1. The van der Waals surface area contributed by atoms with Gasteiger partial charge in [-0.25, -0.2) is 4.79 Å². The summed E-state index contributed by atoms with van der Waals surface area (Å²) in [7, 11) is 0. The number of ether oxygens (including phenoxy) is 1. The number of hydrazone groups is 1. The van der Waals surface area contributed by atoms with Crippen LogP contribution < -0.4 is 10.3 Å². The number of aryl methyl sites for hydroxylation is 2. The number of rotatable bonds is 3. The van der Waals surface area contributed by atoms with Crippen LogP contribution in [0.1, 0.15) is 24.5 Å². The fourth-order valence-corrected chi connectivity index (χ4v) is 2.91. The van der Waals surface area contributed by atoms with Crippen molar-refractivity contribution >= 4 is 23.2 Å². The second-order valence-electron chi connectivity index (χ2n) is 6.02. The Balaban J connectivity index is 1.91. The van der Waals surface area contributed by atoms with Crippen LogP contribution in [0, 0.1) is 6.92 Å². The predicted octanol–water partition coefficient (Wildman–Crippen LogP) is 3.74. The van der Waals surface area contributed by atoms with Crippen LogP contribution in [0.2, 0.25) is 0 Å². The molecule has 0 spiro atoms. The standard InChI is InChI=1S/C20H23N3O2/c1-3-25-20(24)19(22-21-17-12-10-15(2)11-13-17)23-14-6-8-16-7-4-5-9-18(16)23/h4-5,7,9-13,21H,3,6,8,14H2,1-2H3/b22-19+. The van der Waals surface area contributed by atoms with Crippen LogP contribution in [0.5, 0.6) is 0 Å². The van der Waals surface area contributed by atoms with Gasteiger partial charge in [0.25, 0.3) is 0 Å². The summed E-state index contributed by atoms with van der Waals surface area (Å²) < 4.78 is 5.23. The van der Waals surface area contributed by atoms with Crippen LogP contribution in [-0.2, 0) is 16.0 Å². The van der Waals surface area contributed by atoms with Gasteiger partial charge in [0.2, 0.25) is 5.84 Å². The molecule has 2 aromatic carbocycles. The third-order valence-electron chi connectivity index (χ3n) is 4.17. The number of nitrogens with zero attached hydrogens (tertiary/aromatic N) is 2. The minimum Gasteiger partial charge on any atom is -0.460 e. The lowest BCUT2D eigenvalue weighted by atomic mass is 10.0. The molecule has 0 fully saturated rings. The number of para-hydroxylation sites is 1. The van der Waals surface area contributed by atoms with E-state index in [1.165, 1.54) is 11.1 Å². The maximum atomic E-state index is 12.5. The molecule has 0 atom stereocenters. The van der Waals surface area contributed by atoms with E-state index in [9.17, 15) is 4.79 Å². The third kappa shape index (κ3) is 3.99. The number of fused-ring (bicyclic) bond motifs is 1. The maximum Gasteiger partial charge on any atom is 0.376 e. The summed E-state index contributed by atoms with van der Waals surface area (Å²) in [6.45, 7) is 4.89. The predicted molar refractivity (Wildman–Crippen MR) is 101 cm³/mol. The Kier molecular flexibility index (Phi) is 5.33. The molecule has 1 heterocycles. The van der Waals surface area contributed by atoms with E-state index in [1.54, 1.807) is 6.92 Å². The molecule has 2 aromatic rings. The molecule has 0 amide bonds. The Morgan fingerprint density at radius 1 is 1.20 bits per heavy atom. The first-order chi connectivity index (χ1) is 12.2. The van der Waals surface area contributed by atoms with E-state index < -0.39 is 5.97 Å². The Hall–Kier alpha value is -2.82. The van der Waals surface area contributed by atoms with Crippen molar-refractivity contribution in [3.8, 4) is 0 Å². The van der Waals surface area contributed by atoms with Crippen LogP contribution in [0.3, 0.4) is 0 Å². The van der Waals surface area contributed by atoms with Gasteiger partial charge in [0.15, 0.2) is 0 Å². The highest BCUT2D eigenvalue weighted by atomic mass is 16.5. The highest BCUT2D eigenvalue weighted by Crippen LogP contribution is 2.27. The summed E-state index contributed by atoms with van der Waals surface area (Å²) in [5.74, 6) is -0.131. The van der Waals surface area contributed by atoms with Gasteiger partial charge in [-0.2, -0.15) is 0 Å². The van der Waals surface area contributed by atoms with E-state index in [-0.39, 0.29) is 5.84 Å². The van der Waals surface area contributed by atoms with Crippen LogP contribution in [0.4, 0.5) is 11.4 Å². The zero-order valence-corrected chi connectivity index (χ0v) is 14.7. The van der Waals surface area contributed by atoms with E-state index in [4.69, 9.17) is 4.74 Å². The molecule has 1 aliphatic heterocycles. The van der Waals surface area contributed by atoms with Gasteiger partial charge >= 0.3 is 5.97 Å². The molecule has 0 saturated carbocycles. The summed E-state index contributed by atoms with van der Waals surface area (Å²) in [4.78, 5) is 14.4. The number of amidine groups is 1. The van der Waals surface area contributed by atoms with Gasteiger partial charge < -0.3 is 9.64 Å². The number of anilines is 2. The molecule has 1 N–H and O–H groups in total. The molecule has 1 aliphatic rings. The Morgan fingerprint density at radius 3 is 2.72 bits per heavy atom. The topological polar surface area (TPSA) is 53.9 Å². The summed E-state index contributed by atoms with van der Waals surface area (Å²) >= 11 is 0. The van der Waals surface area contributed by atoms with Gasteiger partial charge in [0, 0.05) is 12.2 Å². The lowest BCUT2D eigenvalue weighted by molar-refractivity contribution is -0.135. The van der Waals surface area contributed by atoms with Crippen LogP contribution in [0.15, 0.2) is 53.6 Å². The number of hydrogen-bond donors (Lipinski definition) is 1. The molecule has 130 valence electrons. The van der Waals surface area contributed by atoms with Crippen LogP contribution >= 0.6 is 0 Å². The van der Waals surface area contributed by atoms with Gasteiger partial charge in [0.05, 0.1) is 12.3 Å². The fraction of sp³-hybridized carbons (Fsp3) is 0.300. The number of carbonyl (C=O) groups excluding carboxylic acids is 1. The van der Waals surface area contributed by atoms with Crippen molar-refractivity contribution in [3.63, 3.8) is 0 Å². The van der Waals surface area contributed by atoms with Crippen molar-refractivity contribution in [1.82, 2.24) is 0 Å². The molecule has 0 radical (unpaired) electrons. The summed E-state index contributed by atoms with van der Waals surface area (Å²) in [5, 5.41) is 4.38. The Labute approximate surface area is 148 Å². The largest absolute Gasteiger partial charge is 0.460 e. The van der Waals surface area contributed by atoms with E-state index in [0.29, 0.717) is 6.61 Å². The quantitative estimate of drug-likeness (QED) is 0.401. The average Bonchev–Trinajstić information content (AvgIpc) is 2.64. The smallest absolute Gasteiger partial charge is 0.376 e. The Morgan fingerprint density at radius 2 is 1.96 bits per heavy atom. The van der Waals surface area contributed by atoms with E-state index in [0.717, 1.165) is 30.8 Å². The van der Waals surface area contributed by atoms with E-state index in [1.807, 2.05) is 54.3 Å². The van der Waals surface area contributed by atoms with Crippen molar-refractivity contribution in [3.05, 3.63) is 59.7 Å². The Bertz CT molecular complexity index is 769. The van der Waals surface area contributed by atoms with Gasteiger partial charge in [0.1, 0.15) is 0 Å². The molecular weight excluding hydrogens is 314 g/mol. The van der Waals surface area contributed by atoms with Gasteiger partial charge in [-0.15, -0.1) is 5.10 Å². The molecule has 0 aliphatic carbocycles. The second-order valence-corrected chi connectivity index (χ2v) is 6.02. The van der Waals surface area contributed by atoms with Gasteiger partial charge in [-0.05, 0) is 50.5 Å². The molecule has 5 nitrogen and oxygen atoms in total. The zero-order chi connectivity index (χ0) is 17.6. The van der Waals surface area contributed by atoms with E-state index >= 15 is 0 Å². The second kappa shape index (κ2) is 7.83. The van der Waals surface area contributed by atoms with Crippen molar-refractivity contribution in [2.75, 3.05) is 23.5 Å². The first kappa shape index (κ1) is 17.0. The van der Waals surface area contributed by atoms with Crippen molar-refractivity contribution < 1.29 is 9.53 Å². The average molecular weight is 337 g/mol.